The van der Waals surface area contributed by atoms with E-state index >= 15 is 0 Å². The fourth-order valence-electron chi connectivity index (χ4n) is 5.37. The smallest absolute Gasteiger partial charge is 0.336 e. The fraction of sp³-hybridized carbons (Fsp3) is 0.625. The molecule has 0 bridgehead atoms. The van der Waals surface area contributed by atoms with E-state index in [4.69, 9.17) is 11.6 Å². The summed E-state index contributed by atoms with van der Waals surface area (Å²) in [5.41, 5.74) is -1.00. The molecule has 1 saturated heterocycles. The standard InChI is InChI=1S/C24H26ClF3N4O2/c1-13(8-14-2-3-14)30-12-23(6-7-23)31(11-19(30)33)22(34)21-20(25)17-9-16(15-4-5-15)10-18(24(26,27)28)32(17)29-21/h9-10,13-15H,2-8,11-12H2,1H3. The highest BCUT2D eigenvalue weighted by molar-refractivity contribution is 6.37. The molecule has 4 fully saturated rings. The molecule has 6 nitrogen and oxygen atoms in total. The molecule has 3 heterocycles. The molecule has 182 valence electrons. The average Bonchev–Trinajstić information content (AvgIpc) is 3.63. The van der Waals surface area contributed by atoms with Gasteiger partial charge in [-0.1, -0.05) is 24.4 Å². The average molecular weight is 495 g/mol. The lowest BCUT2D eigenvalue weighted by atomic mass is 10.0. The van der Waals surface area contributed by atoms with E-state index in [1.54, 1.807) is 6.07 Å². The van der Waals surface area contributed by atoms with Crippen LogP contribution in [-0.2, 0) is 11.0 Å². The summed E-state index contributed by atoms with van der Waals surface area (Å²) in [5, 5.41) is 3.95. The van der Waals surface area contributed by atoms with E-state index in [1.165, 1.54) is 17.7 Å². The summed E-state index contributed by atoms with van der Waals surface area (Å²) in [7, 11) is 0. The van der Waals surface area contributed by atoms with E-state index in [1.807, 2.05) is 4.90 Å². The molecule has 34 heavy (non-hydrogen) atoms. The molecule has 1 atom stereocenters. The Bertz CT molecular complexity index is 1200. The monoisotopic (exact) mass is 494 g/mol. The van der Waals surface area contributed by atoms with Crippen LogP contribution in [0.4, 0.5) is 13.2 Å². The summed E-state index contributed by atoms with van der Waals surface area (Å²) in [6.45, 7) is 2.41. The zero-order chi connectivity index (χ0) is 24.0. The van der Waals surface area contributed by atoms with Gasteiger partial charge in [-0.25, -0.2) is 4.52 Å². The van der Waals surface area contributed by atoms with Crippen molar-refractivity contribution in [1.82, 2.24) is 19.4 Å². The van der Waals surface area contributed by atoms with Gasteiger partial charge in [0.15, 0.2) is 5.69 Å². The number of nitrogens with zero attached hydrogens (tertiary/aromatic N) is 4. The summed E-state index contributed by atoms with van der Waals surface area (Å²) in [4.78, 5) is 29.9. The molecule has 1 aliphatic heterocycles. The minimum absolute atomic E-state index is 0.0780. The molecular formula is C24H26ClF3N4O2. The molecule has 2 amide bonds. The van der Waals surface area contributed by atoms with Gasteiger partial charge >= 0.3 is 6.18 Å². The highest BCUT2D eigenvalue weighted by Gasteiger charge is 2.56. The van der Waals surface area contributed by atoms with E-state index in [0.29, 0.717) is 18.0 Å². The Hall–Kier alpha value is -2.29. The summed E-state index contributed by atoms with van der Waals surface area (Å²) < 4.78 is 42.2. The van der Waals surface area contributed by atoms with Crippen LogP contribution in [0.5, 0.6) is 0 Å². The minimum Gasteiger partial charge on any atom is -0.336 e. The van der Waals surface area contributed by atoms with Gasteiger partial charge in [-0.15, -0.1) is 0 Å². The third-order valence-corrected chi connectivity index (χ3v) is 8.24. The van der Waals surface area contributed by atoms with Gasteiger partial charge in [-0.05, 0) is 68.6 Å². The van der Waals surface area contributed by atoms with Gasteiger partial charge in [-0.2, -0.15) is 18.3 Å². The second-order valence-corrected chi connectivity index (χ2v) is 10.9. The third-order valence-electron chi connectivity index (χ3n) is 7.86. The van der Waals surface area contributed by atoms with Gasteiger partial charge in [0.1, 0.15) is 12.2 Å². The van der Waals surface area contributed by atoms with Crippen LogP contribution in [-0.4, -0.2) is 55.9 Å². The zero-order valence-electron chi connectivity index (χ0n) is 18.9. The maximum Gasteiger partial charge on any atom is 0.433 e. The third kappa shape index (κ3) is 3.67. The Labute approximate surface area is 200 Å². The number of halogens is 4. The number of carbonyl (C=O) groups is 2. The van der Waals surface area contributed by atoms with Gasteiger partial charge in [0.25, 0.3) is 5.91 Å². The van der Waals surface area contributed by atoms with E-state index in [2.05, 4.69) is 12.0 Å². The first-order valence-corrected chi connectivity index (χ1v) is 12.4. The predicted octanol–water partition coefficient (Wildman–Crippen LogP) is 4.89. The van der Waals surface area contributed by atoms with Crippen LogP contribution in [0.2, 0.25) is 5.02 Å². The Morgan fingerprint density at radius 1 is 1.24 bits per heavy atom. The number of piperazine rings is 1. The largest absolute Gasteiger partial charge is 0.433 e. The number of carbonyl (C=O) groups excluding carboxylic acids is 2. The van der Waals surface area contributed by atoms with Crippen molar-refractivity contribution >= 4 is 28.9 Å². The maximum atomic E-state index is 13.8. The Balaban J connectivity index is 1.33. The Morgan fingerprint density at radius 2 is 1.94 bits per heavy atom. The number of pyridine rings is 1. The number of fused-ring (bicyclic) bond motifs is 1. The lowest BCUT2D eigenvalue weighted by molar-refractivity contribution is -0.142. The lowest BCUT2D eigenvalue weighted by Crippen LogP contribution is -2.61. The molecule has 2 aromatic rings. The summed E-state index contributed by atoms with van der Waals surface area (Å²) in [6, 6.07) is 2.83. The minimum atomic E-state index is -4.64. The second-order valence-electron chi connectivity index (χ2n) is 10.6. The number of amides is 2. The first-order valence-electron chi connectivity index (χ1n) is 12.0. The van der Waals surface area contributed by atoms with Crippen LogP contribution < -0.4 is 0 Å². The first-order chi connectivity index (χ1) is 16.1. The zero-order valence-corrected chi connectivity index (χ0v) is 19.6. The van der Waals surface area contributed by atoms with Crippen LogP contribution in [0, 0.1) is 5.92 Å². The molecule has 0 radical (unpaired) electrons. The van der Waals surface area contributed by atoms with Gasteiger partial charge in [0.05, 0.1) is 16.1 Å². The second kappa shape index (κ2) is 7.35. The van der Waals surface area contributed by atoms with Crippen molar-refractivity contribution in [3.63, 3.8) is 0 Å². The van der Waals surface area contributed by atoms with Gasteiger partial charge < -0.3 is 9.80 Å². The normalized spacial score (nSPS) is 23.1. The van der Waals surface area contributed by atoms with Gasteiger partial charge in [0, 0.05) is 12.6 Å². The molecule has 3 saturated carbocycles. The van der Waals surface area contributed by atoms with E-state index in [0.717, 1.165) is 42.7 Å². The van der Waals surface area contributed by atoms with Crippen molar-refractivity contribution in [3.8, 4) is 0 Å². The number of hydrogen-bond donors (Lipinski definition) is 0. The molecule has 2 aromatic heterocycles. The Morgan fingerprint density at radius 3 is 2.53 bits per heavy atom. The number of rotatable bonds is 5. The molecule has 0 N–H and O–H groups in total. The summed E-state index contributed by atoms with van der Waals surface area (Å²) in [5.74, 6) is 0.0492. The van der Waals surface area contributed by atoms with Crippen LogP contribution in [0.1, 0.15) is 79.5 Å². The molecule has 3 aliphatic carbocycles. The number of alkyl halides is 3. The SMILES string of the molecule is CC(CC1CC1)N1CC2(CC2)N(C(=O)c2nn3c(C(F)(F)F)cc(C4CC4)cc3c2Cl)CC1=O. The quantitative estimate of drug-likeness (QED) is 0.594. The number of hydrogen-bond acceptors (Lipinski definition) is 3. The van der Waals surface area contributed by atoms with Crippen LogP contribution in [0.3, 0.4) is 0 Å². The van der Waals surface area contributed by atoms with Crippen molar-refractivity contribution in [1.29, 1.82) is 0 Å². The van der Waals surface area contributed by atoms with Crippen molar-refractivity contribution in [2.75, 3.05) is 13.1 Å². The predicted molar refractivity (Wildman–Crippen MR) is 119 cm³/mol. The van der Waals surface area contributed by atoms with Crippen LogP contribution in [0.15, 0.2) is 12.1 Å². The molecule has 0 aromatic carbocycles. The first kappa shape index (κ1) is 22.2. The molecule has 1 spiro atoms. The summed E-state index contributed by atoms with van der Waals surface area (Å²) in [6.07, 6.45) is 1.91. The van der Waals surface area contributed by atoms with Crippen molar-refractivity contribution < 1.29 is 22.8 Å². The van der Waals surface area contributed by atoms with Crippen molar-refractivity contribution in [2.45, 2.75) is 75.5 Å². The van der Waals surface area contributed by atoms with E-state index in [-0.39, 0.29) is 40.6 Å². The van der Waals surface area contributed by atoms with Gasteiger partial charge in [0.2, 0.25) is 5.91 Å². The molecule has 10 heteroatoms. The van der Waals surface area contributed by atoms with E-state index in [9.17, 15) is 22.8 Å². The summed E-state index contributed by atoms with van der Waals surface area (Å²) >= 11 is 6.49. The van der Waals surface area contributed by atoms with E-state index < -0.39 is 23.3 Å². The number of aromatic nitrogens is 2. The maximum absolute atomic E-state index is 13.8. The van der Waals surface area contributed by atoms with Crippen molar-refractivity contribution in [3.05, 3.63) is 34.1 Å². The topological polar surface area (TPSA) is 57.9 Å². The Kier molecular flexibility index (Phi) is 4.80. The van der Waals surface area contributed by atoms with Crippen molar-refractivity contribution in [2.24, 2.45) is 5.92 Å². The highest BCUT2D eigenvalue weighted by atomic mass is 35.5. The molecule has 4 aliphatic rings. The fourth-order valence-corrected chi connectivity index (χ4v) is 5.62. The van der Waals surface area contributed by atoms with Crippen LogP contribution in [0.25, 0.3) is 5.52 Å². The highest BCUT2D eigenvalue weighted by Crippen LogP contribution is 2.47. The molecular weight excluding hydrogens is 469 g/mol. The van der Waals surface area contributed by atoms with Gasteiger partial charge in [-0.3, -0.25) is 9.59 Å². The molecule has 6 rings (SSSR count). The lowest BCUT2D eigenvalue weighted by Gasteiger charge is -2.44. The molecule has 1 unspecified atom stereocenters. The van der Waals surface area contributed by atoms with Crippen LogP contribution >= 0.6 is 11.6 Å².